The second-order valence-electron chi connectivity index (χ2n) is 7.23. The lowest BCUT2D eigenvalue weighted by molar-refractivity contribution is -0.385. The molecule has 2 heterocycles. The van der Waals surface area contributed by atoms with Gasteiger partial charge in [-0.2, -0.15) is 20.1 Å². The van der Waals surface area contributed by atoms with Crippen LogP contribution in [0.15, 0.2) is 46.0 Å². The SMILES string of the molecule is COc1ccc(Nc2nc(NN=Cc3cc([N+](=O)[O-])cc(Br)c3O)nc(N3CCOCC3)n2)cc1. The fourth-order valence-electron chi connectivity index (χ4n) is 3.15. The van der Waals surface area contributed by atoms with Crippen molar-refractivity contribution in [2.24, 2.45) is 5.10 Å². The number of nitrogens with zero attached hydrogens (tertiary/aromatic N) is 6. The van der Waals surface area contributed by atoms with Crippen LogP contribution in [0.1, 0.15) is 5.56 Å². The van der Waals surface area contributed by atoms with Crippen LogP contribution in [0.3, 0.4) is 0 Å². The second-order valence-corrected chi connectivity index (χ2v) is 8.08. The van der Waals surface area contributed by atoms with E-state index in [0.29, 0.717) is 38.0 Å². The molecule has 0 radical (unpaired) electrons. The Morgan fingerprint density at radius 1 is 1.20 bits per heavy atom. The number of morpholine rings is 1. The number of hydrogen-bond donors (Lipinski definition) is 3. The summed E-state index contributed by atoms with van der Waals surface area (Å²) in [5.74, 6) is 1.38. The predicted molar refractivity (Wildman–Crippen MR) is 133 cm³/mol. The summed E-state index contributed by atoms with van der Waals surface area (Å²) in [6, 6.07) is 9.67. The molecule has 2 aromatic carbocycles. The number of phenols is 1. The highest BCUT2D eigenvalue weighted by Crippen LogP contribution is 2.31. The Kier molecular flexibility index (Phi) is 7.52. The number of aromatic nitrogens is 3. The minimum absolute atomic E-state index is 0.137. The monoisotopic (exact) mass is 544 g/mol. The number of benzene rings is 2. The number of nitrogens with one attached hydrogen (secondary N) is 2. The highest BCUT2D eigenvalue weighted by atomic mass is 79.9. The van der Waals surface area contributed by atoms with Crippen molar-refractivity contribution in [1.82, 2.24) is 15.0 Å². The zero-order chi connectivity index (χ0) is 24.8. The maximum atomic E-state index is 11.1. The van der Waals surface area contributed by atoms with Gasteiger partial charge in [0.05, 0.1) is 35.9 Å². The molecule has 14 heteroatoms. The number of nitro groups is 1. The lowest BCUT2D eigenvalue weighted by Crippen LogP contribution is -2.37. The van der Waals surface area contributed by atoms with Gasteiger partial charge in [0.1, 0.15) is 11.5 Å². The van der Waals surface area contributed by atoms with Crippen LogP contribution in [0.5, 0.6) is 11.5 Å². The summed E-state index contributed by atoms with van der Waals surface area (Å²) >= 11 is 3.10. The van der Waals surface area contributed by atoms with Gasteiger partial charge in [0.25, 0.3) is 5.69 Å². The number of methoxy groups -OCH3 is 1. The number of hydrazone groups is 1. The first-order valence-electron chi connectivity index (χ1n) is 10.4. The summed E-state index contributed by atoms with van der Waals surface area (Å²) in [5.41, 5.74) is 3.39. The van der Waals surface area contributed by atoms with Crippen LogP contribution < -0.4 is 20.4 Å². The van der Waals surface area contributed by atoms with Crippen molar-refractivity contribution in [3.05, 3.63) is 56.5 Å². The Labute approximate surface area is 208 Å². The average molecular weight is 545 g/mol. The van der Waals surface area contributed by atoms with Crippen LogP contribution in [-0.2, 0) is 4.74 Å². The van der Waals surface area contributed by atoms with Crippen molar-refractivity contribution in [2.45, 2.75) is 0 Å². The van der Waals surface area contributed by atoms with E-state index in [1.165, 1.54) is 18.3 Å². The maximum Gasteiger partial charge on any atom is 0.271 e. The van der Waals surface area contributed by atoms with E-state index in [9.17, 15) is 15.2 Å². The third-order valence-corrected chi connectivity index (χ3v) is 5.52. The summed E-state index contributed by atoms with van der Waals surface area (Å²) in [6.07, 6.45) is 1.24. The Bertz CT molecular complexity index is 1240. The van der Waals surface area contributed by atoms with E-state index in [1.807, 2.05) is 17.0 Å². The molecule has 0 spiro atoms. The van der Waals surface area contributed by atoms with Gasteiger partial charge in [0.15, 0.2) is 0 Å². The molecule has 13 nitrogen and oxygen atoms in total. The lowest BCUT2D eigenvalue weighted by Gasteiger charge is -2.27. The van der Waals surface area contributed by atoms with Crippen molar-refractivity contribution in [3.8, 4) is 11.5 Å². The molecule has 3 aromatic rings. The normalized spacial score (nSPS) is 13.6. The molecule has 4 rings (SSSR count). The first kappa shape index (κ1) is 24.1. The van der Waals surface area contributed by atoms with Crippen molar-refractivity contribution < 1.29 is 19.5 Å². The summed E-state index contributed by atoms with van der Waals surface area (Å²) in [7, 11) is 1.59. The Morgan fingerprint density at radius 2 is 1.91 bits per heavy atom. The van der Waals surface area contributed by atoms with Crippen LogP contribution in [-0.4, -0.2) is 64.6 Å². The molecule has 0 aliphatic carbocycles. The van der Waals surface area contributed by atoms with E-state index in [-0.39, 0.29) is 33.4 Å². The minimum Gasteiger partial charge on any atom is -0.506 e. The molecule has 0 saturated carbocycles. The van der Waals surface area contributed by atoms with Gasteiger partial charge in [-0.05, 0) is 40.2 Å². The zero-order valence-corrected chi connectivity index (χ0v) is 20.1. The molecular formula is C21H21BrN8O5. The van der Waals surface area contributed by atoms with Gasteiger partial charge in [0.2, 0.25) is 17.8 Å². The van der Waals surface area contributed by atoms with E-state index in [2.05, 4.69) is 46.7 Å². The molecule has 0 atom stereocenters. The molecule has 1 saturated heterocycles. The summed E-state index contributed by atoms with van der Waals surface area (Å²) in [6.45, 7) is 2.33. The number of non-ortho nitro benzene ring substituents is 1. The number of anilines is 4. The van der Waals surface area contributed by atoms with Gasteiger partial charge in [0, 0.05) is 36.5 Å². The molecule has 1 aliphatic heterocycles. The molecule has 182 valence electrons. The van der Waals surface area contributed by atoms with E-state index in [1.54, 1.807) is 19.2 Å². The van der Waals surface area contributed by atoms with Gasteiger partial charge in [-0.3, -0.25) is 10.1 Å². The number of ether oxygens (including phenoxy) is 2. The van der Waals surface area contributed by atoms with Crippen LogP contribution in [0.2, 0.25) is 0 Å². The van der Waals surface area contributed by atoms with Gasteiger partial charge < -0.3 is 24.8 Å². The van der Waals surface area contributed by atoms with Gasteiger partial charge in [-0.1, -0.05) is 0 Å². The van der Waals surface area contributed by atoms with Crippen molar-refractivity contribution >= 4 is 51.4 Å². The number of nitro benzene ring substituents is 1. The third kappa shape index (κ3) is 6.10. The van der Waals surface area contributed by atoms with Crippen molar-refractivity contribution in [1.29, 1.82) is 0 Å². The summed E-state index contributed by atoms with van der Waals surface area (Å²) < 4.78 is 10.8. The second kappa shape index (κ2) is 10.9. The van der Waals surface area contributed by atoms with Crippen LogP contribution in [0.25, 0.3) is 0 Å². The number of aromatic hydroxyl groups is 1. The topological polar surface area (TPSA) is 160 Å². The molecule has 0 bridgehead atoms. The molecular weight excluding hydrogens is 524 g/mol. The molecule has 35 heavy (non-hydrogen) atoms. The third-order valence-electron chi connectivity index (χ3n) is 4.92. The quantitative estimate of drug-likeness (QED) is 0.217. The fraction of sp³-hybridized carbons (Fsp3) is 0.238. The van der Waals surface area contributed by atoms with E-state index >= 15 is 0 Å². The van der Waals surface area contributed by atoms with E-state index < -0.39 is 4.92 Å². The first-order valence-corrected chi connectivity index (χ1v) is 11.2. The van der Waals surface area contributed by atoms with E-state index in [0.717, 1.165) is 5.69 Å². The van der Waals surface area contributed by atoms with Crippen LogP contribution >= 0.6 is 15.9 Å². The smallest absolute Gasteiger partial charge is 0.271 e. The maximum absolute atomic E-state index is 11.1. The van der Waals surface area contributed by atoms with Gasteiger partial charge in [-0.25, -0.2) is 5.43 Å². The number of phenolic OH excluding ortho intramolecular Hbond substituents is 1. The molecule has 1 aromatic heterocycles. The predicted octanol–water partition coefficient (Wildman–Crippen LogP) is 3.28. The Hall–Kier alpha value is -4.04. The van der Waals surface area contributed by atoms with Gasteiger partial charge in [-0.15, -0.1) is 0 Å². The molecule has 0 amide bonds. The lowest BCUT2D eigenvalue weighted by atomic mass is 10.2. The van der Waals surface area contributed by atoms with Crippen LogP contribution in [0.4, 0.5) is 29.2 Å². The molecule has 1 fully saturated rings. The highest BCUT2D eigenvalue weighted by Gasteiger charge is 2.17. The van der Waals surface area contributed by atoms with Gasteiger partial charge >= 0.3 is 0 Å². The molecule has 1 aliphatic rings. The van der Waals surface area contributed by atoms with Crippen molar-refractivity contribution in [3.63, 3.8) is 0 Å². The fourth-order valence-corrected chi connectivity index (χ4v) is 3.61. The van der Waals surface area contributed by atoms with Crippen LogP contribution in [0, 0.1) is 10.1 Å². The summed E-state index contributed by atoms with van der Waals surface area (Å²) in [4.78, 5) is 25.8. The Balaban J connectivity index is 1.59. The minimum atomic E-state index is -0.563. The zero-order valence-electron chi connectivity index (χ0n) is 18.5. The standard InChI is InChI=1S/C21H21BrN8O5/c1-34-16-4-2-14(3-5-16)24-19-25-20(27-21(26-19)29-6-8-35-9-7-29)28-23-12-13-10-15(30(32)33)11-17(22)18(13)31/h2-5,10-12,31H,6-9H2,1H3,(H2,24,25,26,27,28). The number of halogens is 1. The summed E-state index contributed by atoms with van der Waals surface area (Å²) in [5, 5.41) is 28.5. The highest BCUT2D eigenvalue weighted by molar-refractivity contribution is 9.10. The molecule has 3 N–H and O–H groups in total. The average Bonchev–Trinajstić information content (AvgIpc) is 2.87. The largest absolute Gasteiger partial charge is 0.506 e. The molecule has 0 unspecified atom stereocenters. The van der Waals surface area contributed by atoms with Crippen molar-refractivity contribution in [2.75, 3.05) is 49.1 Å². The number of hydrogen-bond acceptors (Lipinski definition) is 12. The van der Waals surface area contributed by atoms with E-state index in [4.69, 9.17) is 9.47 Å². The number of rotatable bonds is 8. The Morgan fingerprint density at radius 3 is 2.60 bits per heavy atom. The first-order chi connectivity index (χ1) is 16.9.